The molecule has 0 spiro atoms. The molecular weight excluding hydrogens is 264 g/mol. The van der Waals surface area contributed by atoms with Crippen LogP contribution >= 0.6 is 0 Å². The minimum absolute atomic E-state index is 0.0883. The average Bonchev–Trinajstić information content (AvgIpc) is 3.20. The van der Waals surface area contributed by atoms with E-state index in [-0.39, 0.29) is 24.1 Å². The molecule has 1 aliphatic rings. The monoisotopic (exact) mass is 280 g/mol. The van der Waals surface area contributed by atoms with Gasteiger partial charge in [0, 0.05) is 12.1 Å². The molecule has 0 heterocycles. The zero-order valence-corrected chi connectivity index (χ0v) is 11.0. The number of benzene rings is 1. The van der Waals surface area contributed by atoms with E-state index < -0.39 is 16.4 Å². The van der Waals surface area contributed by atoms with Crippen LogP contribution in [0.1, 0.15) is 19.8 Å². The van der Waals surface area contributed by atoms with Crippen LogP contribution in [0.5, 0.6) is 5.75 Å². The van der Waals surface area contributed by atoms with Gasteiger partial charge in [0.1, 0.15) is 17.9 Å². The lowest BCUT2D eigenvalue weighted by molar-refractivity contribution is -0.384. The number of nitro groups is 1. The first kappa shape index (κ1) is 14.3. The highest BCUT2D eigenvalue weighted by atomic mass is 16.6. The molecule has 1 aromatic rings. The fourth-order valence-electron chi connectivity index (χ4n) is 1.76. The van der Waals surface area contributed by atoms with E-state index >= 15 is 0 Å². The number of non-ortho nitro benzene ring substituents is 1. The predicted molar refractivity (Wildman–Crippen MR) is 70.8 cm³/mol. The summed E-state index contributed by atoms with van der Waals surface area (Å²) in [5.41, 5.74) is -1.29. The predicted octanol–water partition coefficient (Wildman–Crippen LogP) is 1.57. The van der Waals surface area contributed by atoms with Crippen molar-refractivity contribution in [2.24, 2.45) is 0 Å². The Labute approximate surface area is 115 Å². The van der Waals surface area contributed by atoms with Gasteiger partial charge in [0.2, 0.25) is 0 Å². The van der Waals surface area contributed by atoms with Crippen LogP contribution in [-0.4, -0.2) is 34.2 Å². The molecule has 2 rings (SSSR count). The van der Waals surface area contributed by atoms with Crippen molar-refractivity contribution in [3.8, 4) is 5.75 Å². The van der Waals surface area contributed by atoms with Crippen molar-refractivity contribution in [1.82, 2.24) is 5.32 Å². The molecule has 1 saturated carbocycles. The topological polar surface area (TPSA) is 102 Å². The van der Waals surface area contributed by atoms with E-state index in [4.69, 9.17) is 4.74 Å². The van der Waals surface area contributed by atoms with Crippen molar-refractivity contribution in [3.05, 3.63) is 34.4 Å². The number of aliphatic carboxylic acids is 1. The summed E-state index contributed by atoms with van der Waals surface area (Å²) in [5, 5.41) is 23.0. The van der Waals surface area contributed by atoms with Gasteiger partial charge in [-0.2, -0.15) is 0 Å². The summed E-state index contributed by atoms with van der Waals surface area (Å²) in [6.45, 7) is 1.45. The molecule has 0 radical (unpaired) electrons. The van der Waals surface area contributed by atoms with Gasteiger partial charge in [-0.05, 0) is 25.8 Å². The van der Waals surface area contributed by atoms with Gasteiger partial charge in [-0.1, -0.05) is 6.07 Å². The van der Waals surface area contributed by atoms with Gasteiger partial charge in [-0.3, -0.25) is 20.2 Å². The van der Waals surface area contributed by atoms with Crippen LogP contribution < -0.4 is 10.1 Å². The first-order valence-corrected chi connectivity index (χ1v) is 6.29. The van der Waals surface area contributed by atoms with Gasteiger partial charge >= 0.3 is 5.97 Å². The highest BCUT2D eigenvalue weighted by molar-refractivity contribution is 5.78. The number of rotatable bonds is 7. The zero-order chi connectivity index (χ0) is 14.8. The normalized spacial score (nSPS) is 17.2. The summed E-state index contributed by atoms with van der Waals surface area (Å²) in [4.78, 5) is 21.5. The van der Waals surface area contributed by atoms with Crippen molar-refractivity contribution in [2.75, 3.05) is 6.61 Å². The molecule has 1 aliphatic carbocycles. The molecule has 1 atom stereocenters. The number of hydrogen-bond donors (Lipinski definition) is 2. The standard InChI is InChI=1S/C13H16N2O5/c1-13(12(16)17,14-9-5-6-9)8-20-11-4-2-3-10(7-11)15(18)19/h2-4,7,9,14H,5-6,8H2,1H3,(H,16,17). The molecule has 0 bridgehead atoms. The second-order valence-corrected chi connectivity index (χ2v) is 5.10. The molecule has 108 valence electrons. The number of nitrogens with one attached hydrogen (secondary N) is 1. The van der Waals surface area contributed by atoms with Gasteiger partial charge in [-0.25, -0.2) is 0 Å². The number of hydrogen-bond acceptors (Lipinski definition) is 5. The van der Waals surface area contributed by atoms with E-state index in [9.17, 15) is 20.0 Å². The molecule has 0 saturated heterocycles. The summed E-state index contributed by atoms with van der Waals surface area (Å²) in [6.07, 6.45) is 1.92. The molecule has 2 N–H and O–H groups in total. The van der Waals surface area contributed by atoms with Crippen molar-refractivity contribution in [1.29, 1.82) is 0 Å². The Morgan fingerprint density at radius 2 is 2.30 bits per heavy atom. The summed E-state index contributed by atoms with van der Waals surface area (Å²) in [6, 6.07) is 5.90. The molecule has 0 amide bonds. The molecule has 7 heteroatoms. The smallest absolute Gasteiger partial charge is 0.327 e. The van der Waals surface area contributed by atoms with E-state index in [2.05, 4.69) is 5.32 Å². The molecule has 1 aromatic carbocycles. The third-order valence-corrected chi connectivity index (χ3v) is 3.13. The van der Waals surface area contributed by atoms with Crippen LogP contribution in [0.3, 0.4) is 0 Å². The quantitative estimate of drug-likeness (QED) is 0.580. The van der Waals surface area contributed by atoms with E-state index in [1.807, 2.05) is 0 Å². The number of nitro benzene ring substituents is 1. The number of ether oxygens (including phenoxy) is 1. The van der Waals surface area contributed by atoms with Gasteiger partial charge < -0.3 is 9.84 Å². The Bertz CT molecular complexity index is 529. The van der Waals surface area contributed by atoms with Gasteiger partial charge in [0.05, 0.1) is 11.0 Å². The van der Waals surface area contributed by atoms with Crippen LogP contribution in [0.4, 0.5) is 5.69 Å². The number of carbonyl (C=O) groups is 1. The van der Waals surface area contributed by atoms with E-state index in [1.165, 1.54) is 18.2 Å². The fourth-order valence-corrected chi connectivity index (χ4v) is 1.76. The largest absolute Gasteiger partial charge is 0.491 e. The van der Waals surface area contributed by atoms with E-state index in [1.54, 1.807) is 13.0 Å². The number of carboxylic acids is 1. The van der Waals surface area contributed by atoms with E-state index in [0.29, 0.717) is 0 Å². The maximum absolute atomic E-state index is 11.3. The van der Waals surface area contributed by atoms with Gasteiger partial charge in [0.25, 0.3) is 5.69 Å². The molecule has 0 aromatic heterocycles. The first-order chi connectivity index (χ1) is 9.40. The van der Waals surface area contributed by atoms with Crippen molar-refractivity contribution in [3.63, 3.8) is 0 Å². The maximum atomic E-state index is 11.3. The third kappa shape index (κ3) is 3.45. The highest BCUT2D eigenvalue weighted by Crippen LogP contribution is 2.24. The molecule has 0 aliphatic heterocycles. The lowest BCUT2D eigenvalue weighted by Gasteiger charge is -2.26. The summed E-state index contributed by atoms with van der Waals surface area (Å²) < 4.78 is 5.40. The Balaban J connectivity index is 2.03. The van der Waals surface area contributed by atoms with Crippen LogP contribution in [-0.2, 0) is 4.79 Å². The maximum Gasteiger partial charge on any atom is 0.327 e. The second-order valence-electron chi connectivity index (χ2n) is 5.10. The minimum atomic E-state index is -1.20. The van der Waals surface area contributed by atoms with Crippen molar-refractivity contribution in [2.45, 2.75) is 31.3 Å². The first-order valence-electron chi connectivity index (χ1n) is 6.29. The molecule has 20 heavy (non-hydrogen) atoms. The molecule has 1 unspecified atom stereocenters. The lowest BCUT2D eigenvalue weighted by Crippen LogP contribution is -2.54. The van der Waals surface area contributed by atoms with Crippen LogP contribution in [0.2, 0.25) is 0 Å². The Hall–Kier alpha value is -2.15. The van der Waals surface area contributed by atoms with Crippen LogP contribution in [0.25, 0.3) is 0 Å². The van der Waals surface area contributed by atoms with Crippen LogP contribution in [0, 0.1) is 10.1 Å². The minimum Gasteiger partial charge on any atom is -0.491 e. The molecular formula is C13H16N2O5. The zero-order valence-electron chi connectivity index (χ0n) is 11.0. The van der Waals surface area contributed by atoms with E-state index in [0.717, 1.165) is 12.8 Å². The molecule has 1 fully saturated rings. The SMILES string of the molecule is CC(COc1cccc([N+](=O)[O-])c1)(NC1CC1)C(=O)O. The van der Waals surface area contributed by atoms with Crippen molar-refractivity contribution < 1.29 is 19.6 Å². The average molecular weight is 280 g/mol. The fraction of sp³-hybridized carbons (Fsp3) is 0.462. The number of nitrogens with zero attached hydrogens (tertiary/aromatic N) is 1. The number of carboxylic acid groups (broad SMARTS) is 1. The molecule has 7 nitrogen and oxygen atoms in total. The summed E-state index contributed by atoms with van der Waals surface area (Å²) in [7, 11) is 0. The van der Waals surface area contributed by atoms with Crippen LogP contribution in [0.15, 0.2) is 24.3 Å². The van der Waals surface area contributed by atoms with Crippen molar-refractivity contribution >= 4 is 11.7 Å². The van der Waals surface area contributed by atoms with Gasteiger partial charge in [-0.15, -0.1) is 0 Å². The third-order valence-electron chi connectivity index (χ3n) is 3.13. The summed E-state index contributed by atoms with van der Waals surface area (Å²) >= 11 is 0. The second kappa shape index (κ2) is 5.46. The lowest BCUT2D eigenvalue weighted by atomic mass is 10.0. The Morgan fingerprint density at radius 1 is 1.60 bits per heavy atom. The van der Waals surface area contributed by atoms with Gasteiger partial charge in [0.15, 0.2) is 0 Å². The Morgan fingerprint density at radius 3 is 2.85 bits per heavy atom. The highest BCUT2D eigenvalue weighted by Gasteiger charge is 2.39. The Kier molecular flexibility index (Phi) is 3.89. The summed E-state index contributed by atoms with van der Waals surface area (Å²) in [5.74, 6) is -0.723.